The third-order valence-electron chi connectivity index (χ3n) is 2.41. The summed E-state index contributed by atoms with van der Waals surface area (Å²) >= 11 is 0. The van der Waals surface area contributed by atoms with E-state index in [4.69, 9.17) is 15.2 Å². The van der Waals surface area contributed by atoms with Crippen molar-refractivity contribution in [1.29, 1.82) is 0 Å². The van der Waals surface area contributed by atoms with Crippen molar-refractivity contribution in [2.24, 2.45) is 10.7 Å². The Morgan fingerprint density at radius 2 is 1.59 bits per heavy atom. The van der Waals surface area contributed by atoms with Crippen LogP contribution in [-0.2, 0) is 19.1 Å². The predicted octanol–water partition coefficient (Wildman–Crippen LogP) is -0.401. The van der Waals surface area contributed by atoms with Crippen LogP contribution in [0.5, 0.6) is 0 Å². The molecule has 0 saturated carbocycles. The lowest BCUT2D eigenvalue weighted by molar-refractivity contribution is -0.121. The Morgan fingerprint density at radius 1 is 1.12 bits per heavy atom. The summed E-state index contributed by atoms with van der Waals surface area (Å²) in [5.41, 5.74) is 5.88. The second-order valence-corrected chi connectivity index (χ2v) is 3.27. The minimum absolute atomic E-state index is 0.0287. The van der Waals surface area contributed by atoms with Gasteiger partial charge in [0.05, 0.1) is 20.8 Å². The van der Waals surface area contributed by atoms with Crippen LogP contribution in [-0.4, -0.2) is 45.6 Å². The Kier molecular flexibility index (Phi) is 4.17. The van der Waals surface area contributed by atoms with E-state index >= 15 is 0 Å². The van der Waals surface area contributed by atoms with Crippen molar-refractivity contribution in [2.45, 2.75) is 0 Å². The van der Waals surface area contributed by atoms with Gasteiger partial charge in [-0.2, -0.15) is 0 Å². The number of hydrogen-bond donors (Lipinski definition) is 1. The van der Waals surface area contributed by atoms with E-state index in [2.05, 4.69) is 11.7 Å². The quantitative estimate of drug-likeness (QED) is 0.519. The molecule has 17 heavy (non-hydrogen) atoms. The molecule has 1 rings (SSSR count). The molecule has 0 aromatic rings. The minimum atomic E-state index is -0.440. The summed E-state index contributed by atoms with van der Waals surface area (Å²) < 4.78 is 9.78. The zero-order chi connectivity index (χ0) is 13.0. The third kappa shape index (κ3) is 2.12. The Hall–Kier alpha value is -1.95. The summed E-state index contributed by atoms with van der Waals surface area (Å²) in [6.45, 7) is 3.27. The number of carbonyl (C=O) groups excluding carboxylic acids is 2. The third-order valence-corrected chi connectivity index (χ3v) is 2.41. The Morgan fingerprint density at radius 3 is 1.94 bits per heavy atom. The number of methoxy groups -OCH3 is 2. The summed E-state index contributed by atoms with van der Waals surface area (Å²) in [4.78, 5) is 27.6. The Labute approximate surface area is 98.8 Å². The number of hydrogen-bond acceptors (Lipinski definition) is 6. The Balaban J connectivity index is 3.35. The van der Waals surface area contributed by atoms with Gasteiger partial charge < -0.3 is 15.2 Å². The minimum Gasteiger partial charge on any atom is -0.489 e. The number of ether oxygens (including phenoxy) is 2. The monoisotopic (exact) mass is 238 g/mol. The number of rotatable bonds is 5. The molecule has 0 unspecified atom stereocenters. The highest BCUT2D eigenvalue weighted by molar-refractivity contribution is 6.24. The van der Waals surface area contributed by atoms with Crippen molar-refractivity contribution < 1.29 is 19.1 Å². The van der Waals surface area contributed by atoms with Crippen LogP contribution < -0.4 is 5.73 Å². The zero-order valence-corrected chi connectivity index (χ0v) is 9.78. The molecule has 0 spiro atoms. The van der Waals surface area contributed by atoms with Crippen LogP contribution in [0.15, 0.2) is 27.7 Å². The van der Waals surface area contributed by atoms with Crippen LogP contribution in [0.2, 0.25) is 0 Å². The summed E-state index contributed by atoms with van der Waals surface area (Å²) in [5.74, 6) is -1.11. The Bertz CT molecular complexity index is 435. The first-order valence-corrected chi connectivity index (χ1v) is 4.88. The number of nitrogens with zero attached hydrogens (tertiary/aromatic N) is 1. The standard InChI is InChI=1S/C11H14N2O4/c1-13-5-7-6(4-12)8(14)10(16-2)11(17-3)9(7)15/h1,4-5,12H2,2-3H3. The number of aliphatic imine (C=N–C) groups is 1. The van der Waals surface area contributed by atoms with Crippen LogP contribution >= 0.6 is 0 Å². The maximum absolute atomic E-state index is 12.0. The zero-order valence-electron chi connectivity index (χ0n) is 9.78. The van der Waals surface area contributed by atoms with E-state index in [1.54, 1.807) is 0 Å². The molecule has 0 radical (unpaired) electrons. The lowest BCUT2D eigenvalue weighted by atomic mass is 9.92. The molecule has 0 fully saturated rings. The van der Waals surface area contributed by atoms with Crippen LogP contribution in [0.3, 0.4) is 0 Å². The van der Waals surface area contributed by atoms with E-state index in [0.29, 0.717) is 0 Å². The van der Waals surface area contributed by atoms with Gasteiger partial charge >= 0.3 is 0 Å². The first kappa shape index (κ1) is 13.1. The summed E-state index contributed by atoms with van der Waals surface area (Å²) in [7, 11) is 2.59. The van der Waals surface area contributed by atoms with E-state index in [9.17, 15) is 9.59 Å². The van der Waals surface area contributed by atoms with E-state index < -0.39 is 11.6 Å². The lowest BCUT2D eigenvalue weighted by Crippen LogP contribution is -2.30. The average molecular weight is 238 g/mol. The van der Waals surface area contributed by atoms with Gasteiger partial charge in [-0.15, -0.1) is 0 Å². The maximum atomic E-state index is 12.0. The fourth-order valence-electron chi connectivity index (χ4n) is 1.62. The molecule has 1 aliphatic rings. The van der Waals surface area contributed by atoms with Crippen molar-refractivity contribution in [3.05, 3.63) is 22.7 Å². The highest BCUT2D eigenvalue weighted by Gasteiger charge is 2.35. The summed E-state index contributed by atoms with van der Waals surface area (Å²) in [6.07, 6.45) is 0. The maximum Gasteiger partial charge on any atom is 0.229 e. The molecule has 6 heteroatoms. The molecule has 0 saturated heterocycles. The van der Waals surface area contributed by atoms with Crippen molar-refractivity contribution in [1.82, 2.24) is 0 Å². The second-order valence-electron chi connectivity index (χ2n) is 3.27. The average Bonchev–Trinajstić information content (AvgIpc) is 2.33. The van der Waals surface area contributed by atoms with Gasteiger partial charge in [-0.25, -0.2) is 0 Å². The first-order chi connectivity index (χ1) is 8.12. The fourth-order valence-corrected chi connectivity index (χ4v) is 1.62. The summed E-state index contributed by atoms with van der Waals surface area (Å²) in [5, 5.41) is 0. The van der Waals surface area contributed by atoms with Gasteiger partial charge in [0.2, 0.25) is 23.1 Å². The smallest absolute Gasteiger partial charge is 0.229 e. The van der Waals surface area contributed by atoms with Gasteiger partial charge in [-0.1, -0.05) is 0 Å². The van der Waals surface area contributed by atoms with Crippen molar-refractivity contribution in [2.75, 3.05) is 27.3 Å². The molecule has 0 atom stereocenters. The molecule has 0 heterocycles. The highest BCUT2D eigenvalue weighted by Crippen LogP contribution is 2.25. The predicted molar refractivity (Wildman–Crippen MR) is 61.6 cm³/mol. The lowest BCUT2D eigenvalue weighted by Gasteiger charge is -2.20. The highest BCUT2D eigenvalue weighted by atomic mass is 16.5. The molecule has 6 nitrogen and oxygen atoms in total. The molecule has 2 N–H and O–H groups in total. The van der Waals surface area contributed by atoms with Gasteiger partial charge in [-0.3, -0.25) is 14.6 Å². The molecular weight excluding hydrogens is 224 g/mol. The van der Waals surface area contributed by atoms with Crippen molar-refractivity contribution in [3.63, 3.8) is 0 Å². The molecular formula is C11H14N2O4. The molecule has 0 bridgehead atoms. The van der Waals surface area contributed by atoms with Gasteiger partial charge in [0.25, 0.3) is 0 Å². The van der Waals surface area contributed by atoms with Gasteiger partial charge in [0.15, 0.2) is 0 Å². The molecule has 1 aliphatic carbocycles. The first-order valence-electron chi connectivity index (χ1n) is 4.88. The molecule has 0 aromatic heterocycles. The topological polar surface area (TPSA) is 91.0 Å². The largest absolute Gasteiger partial charge is 0.489 e. The van der Waals surface area contributed by atoms with Crippen LogP contribution in [0.1, 0.15) is 0 Å². The summed E-state index contributed by atoms with van der Waals surface area (Å²) in [6, 6.07) is 0. The van der Waals surface area contributed by atoms with E-state index in [1.807, 2.05) is 0 Å². The fraction of sp³-hybridized carbons (Fsp3) is 0.364. The number of Topliss-reactive ketones (excluding diaryl/α,β-unsaturated/α-hetero) is 2. The van der Waals surface area contributed by atoms with Gasteiger partial charge in [0.1, 0.15) is 0 Å². The SMILES string of the molecule is C=NCC1=C(CN)C(=O)C(OC)=C(OC)C1=O. The van der Waals surface area contributed by atoms with E-state index in [-0.39, 0.29) is 35.8 Å². The molecule has 0 aromatic carbocycles. The van der Waals surface area contributed by atoms with Gasteiger partial charge in [-0.05, 0) is 6.72 Å². The number of allylic oxidation sites excluding steroid dienone is 2. The second kappa shape index (κ2) is 5.40. The molecule has 0 amide bonds. The number of nitrogens with two attached hydrogens (primary N) is 1. The van der Waals surface area contributed by atoms with Crippen LogP contribution in [0, 0.1) is 0 Å². The van der Waals surface area contributed by atoms with Crippen LogP contribution in [0.4, 0.5) is 0 Å². The van der Waals surface area contributed by atoms with E-state index in [1.165, 1.54) is 14.2 Å². The van der Waals surface area contributed by atoms with Crippen LogP contribution in [0.25, 0.3) is 0 Å². The van der Waals surface area contributed by atoms with Crippen molar-refractivity contribution >= 4 is 18.3 Å². The van der Waals surface area contributed by atoms with Crippen molar-refractivity contribution in [3.8, 4) is 0 Å². The van der Waals surface area contributed by atoms with E-state index in [0.717, 1.165) is 0 Å². The molecule has 0 aliphatic heterocycles. The number of carbonyl (C=O) groups is 2. The normalized spacial score (nSPS) is 16.4. The van der Waals surface area contributed by atoms with Gasteiger partial charge in [0, 0.05) is 17.7 Å². The number of ketones is 2. The molecule has 92 valence electrons.